The lowest BCUT2D eigenvalue weighted by Crippen LogP contribution is -2.25. The second kappa shape index (κ2) is 7.20. The molecular formula is C14H14N2O2S2. The Labute approximate surface area is 125 Å². The number of hydrogen-bond donors (Lipinski definition) is 2. The lowest BCUT2D eigenvalue weighted by molar-refractivity contribution is 0.0958. The van der Waals surface area contributed by atoms with Gasteiger partial charge in [0.2, 0.25) is 0 Å². The molecule has 0 aliphatic heterocycles. The van der Waals surface area contributed by atoms with Crippen LogP contribution < -0.4 is 5.32 Å². The van der Waals surface area contributed by atoms with Crippen LogP contribution in [0, 0.1) is 18.8 Å². The van der Waals surface area contributed by atoms with Crippen LogP contribution in [0.1, 0.15) is 25.9 Å². The summed E-state index contributed by atoms with van der Waals surface area (Å²) in [7, 11) is 0. The van der Waals surface area contributed by atoms with Crippen LogP contribution in [-0.2, 0) is 6.42 Å². The maximum Gasteiger partial charge on any atom is 0.262 e. The van der Waals surface area contributed by atoms with Crippen LogP contribution in [0.2, 0.25) is 0 Å². The summed E-state index contributed by atoms with van der Waals surface area (Å²) in [6, 6.07) is 1.78. The van der Waals surface area contributed by atoms with E-state index in [-0.39, 0.29) is 12.5 Å². The van der Waals surface area contributed by atoms with Crippen molar-refractivity contribution in [3.63, 3.8) is 0 Å². The fraction of sp³-hybridized carbons (Fsp3) is 0.286. The minimum atomic E-state index is -0.208. The molecule has 0 fully saturated rings. The summed E-state index contributed by atoms with van der Waals surface area (Å²) in [5.74, 6) is 5.20. The molecule has 0 unspecified atom stereocenters. The van der Waals surface area contributed by atoms with Crippen LogP contribution in [0.5, 0.6) is 0 Å². The van der Waals surface area contributed by atoms with Gasteiger partial charge in [0.1, 0.15) is 11.5 Å². The van der Waals surface area contributed by atoms with Crippen molar-refractivity contribution in [2.24, 2.45) is 0 Å². The molecule has 0 bridgehead atoms. The highest BCUT2D eigenvalue weighted by Crippen LogP contribution is 2.15. The van der Waals surface area contributed by atoms with Gasteiger partial charge in [0, 0.05) is 29.6 Å². The lowest BCUT2D eigenvalue weighted by Gasteiger charge is -2.02. The molecule has 2 rings (SSSR count). The number of nitrogens with zero attached hydrogens (tertiary/aromatic N) is 1. The molecule has 0 spiro atoms. The van der Waals surface area contributed by atoms with E-state index in [1.807, 2.05) is 17.7 Å². The van der Waals surface area contributed by atoms with Crippen LogP contribution in [-0.4, -0.2) is 29.1 Å². The predicted molar refractivity (Wildman–Crippen MR) is 81.2 cm³/mol. The zero-order valence-electron chi connectivity index (χ0n) is 11.0. The molecule has 2 aromatic heterocycles. The molecule has 6 heteroatoms. The van der Waals surface area contributed by atoms with E-state index in [1.165, 1.54) is 11.3 Å². The van der Waals surface area contributed by atoms with Crippen LogP contribution in [0.25, 0.3) is 0 Å². The van der Waals surface area contributed by atoms with Gasteiger partial charge in [-0.05, 0) is 18.4 Å². The number of aliphatic hydroxyl groups excluding tert-OH is 1. The van der Waals surface area contributed by atoms with E-state index in [2.05, 4.69) is 22.1 Å². The number of aromatic nitrogens is 1. The van der Waals surface area contributed by atoms with Crippen molar-refractivity contribution in [1.29, 1.82) is 0 Å². The zero-order chi connectivity index (χ0) is 14.4. The van der Waals surface area contributed by atoms with E-state index >= 15 is 0 Å². The second-order valence-corrected chi connectivity index (χ2v) is 5.87. The molecule has 0 atom stereocenters. The van der Waals surface area contributed by atoms with E-state index in [0.29, 0.717) is 17.0 Å². The van der Waals surface area contributed by atoms with Gasteiger partial charge in [0.05, 0.1) is 5.01 Å². The molecule has 0 aliphatic rings. The van der Waals surface area contributed by atoms with E-state index in [4.69, 9.17) is 5.11 Å². The van der Waals surface area contributed by atoms with Crippen molar-refractivity contribution in [3.8, 4) is 11.8 Å². The summed E-state index contributed by atoms with van der Waals surface area (Å²) in [4.78, 5) is 17.0. The summed E-state index contributed by atoms with van der Waals surface area (Å²) in [6.45, 7) is 2.30. The highest BCUT2D eigenvalue weighted by molar-refractivity contribution is 7.12. The quantitative estimate of drug-likeness (QED) is 0.847. The topological polar surface area (TPSA) is 62.2 Å². The largest absolute Gasteiger partial charge is 0.384 e. The second-order valence-electron chi connectivity index (χ2n) is 4.01. The SMILES string of the molecule is Cc1csc(CCNC(=O)c2sccc2C#CCO)n1. The predicted octanol–water partition coefficient (Wildman–Crippen LogP) is 1.83. The van der Waals surface area contributed by atoms with Crippen LogP contribution in [0.15, 0.2) is 16.8 Å². The third-order valence-corrected chi connectivity index (χ3v) is 4.40. The highest BCUT2D eigenvalue weighted by Gasteiger charge is 2.11. The Bertz CT molecular complexity index is 649. The standard InChI is InChI=1S/C14H14N2O2S2/c1-10-9-20-12(16-10)4-6-15-14(18)13-11(3-2-7-17)5-8-19-13/h5,8-9,17H,4,6-7H2,1H3,(H,15,18). The van der Waals surface area contributed by atoms with Gasteiger partial charge in [0.25, 0.3) is 5.91 Å². The molecule has 0 aliphatic carbocycles. The minimum absolute atomic E-state index is 0.129. The molecule has 0 saturated carbocycles. The molecule has 0 radical (unpaired) electrons. The number of carbonyl (C=O) groups is 1. The van der Waals surface area contributed by atoms with Gasteiger partial charge in [-0.2, -0.15) is 0 Å². The number of thiazole rings is 1. The summed E-state index contributed by atoms with van der Waals surface area (Å²) >= 11 is 2.95. The Morgan fingerprint density at radius 1 is 1.50 bits per heavy atom. The number of amides is 1. The van der Waals surface area contributed by atoms with Gasteiger partial charge in [-0.15, -0.1) is 22.7 Å². The number of rotatable bonds is 4. The van der Waals surface area contributed by atoms with Crippen molar-refractivity contribution in [2.45, 2.75) is 13.3 Å². The molecule has 0 aromatic carbocycles. The third kappa shape index (κ3) is 3.90. The van der Waals surface area contributed by atoms with Crippen LogP contribution in [0.3, 0.4) is 0 Å². The molecule has 2 aromatic rings. The molecular weight excluding hydrogens is 292 g/mol. The van der Waals surface area contributed by atoms with Gasteiger partial charge in [0.15, 0.2) is 0 Å². The molecule has 104 valence electrons. The van der Waals surface area contributed by atoms with E-state index in [9.17, 15) is 4.79 Å². The van der Waals surface area contributed by atoms with Crippen molar-refractivity contribution in [2.75, 3.05) is 13.2 Å². The monoisotopic (exact) mass is 306 g/mol. The number of hydrogen-bond acceptors (Lipinski definition) is 5. The number of aliphatic hydroxyl groups is 1. The first-order chi connectivity index (χ1) is 9.70. The Morgan fingerprint density at radius 2 is 2.35 bits per heavy atom. The van der Waals surface area contributed by atoms with Crippen molar-refractivity contribution in [1.82, 2.24) is 10.3 Å². The maximum absolute atomic E-state index is 12.0. The zero-order valence-corrected chi connectivity index (χ0v) is 12.6. The first kappa shape index (κ1) is 14.7. The average Bonchev–Trinajstić information content (AvgIpc) is 3.05. The van der Waals surface area contributed by atoms with Crippen molar-refractivity contribution >= 4 is 28.6 Å². The van der Waals surface area contributed by atoms with E-state index in [1.54, 1.807) is 17.4 Å². The third-order valence-electron chi connectivity index (χ3n) is 2.46. The van der Waals surface area contributed by atoms with Gasteiger partial charge in [-0.1, -0.05) is 11.8 Å². The van der Waals surface area contributed by atoms with Gasteiger partial charge in [-0.25, -0.2) is 4.98 Å². The first-order valence-corrected chi connectivity index (χ1v) is 7.83. The molecule has 1 amide bonds. The summed E-state index contributed by atoms with van der Waals surface area (Å²) < 4.78 is 0. The fourth-order valence-corrected chi connectivity index (χ4v) is 3.14. The minimum Gasteiger partial charge on any atom is -0.384 e. The van der Waals surface area contributed by atoms with Crippen molar-refractivity contribution < 1.29 is 9.90 Å². The Kier molecular flexibility index (Phi) is 5.30. The van der Waals surface area contributed by atoms with E-state index in [0.717, 1.165) is 17.1 Å². The highest BCUT2D eigenvalue weighted by atomic mass is 32.1. The normalized spacial score (nSPS) is 9.90. The lowest BCUT2D eigenvalue weighted by atomic mass is 10.2. The van der Waals surface area contributed by atoms with Crippen molar-refractivity contribution in [3.05, 3.63) is 38.0 Å². The maximum atomic E-state index is 12.0. The summed E-state index contributed by atoms with van der Waals surface area (Å²) in [6.07, 6.45) is 0.729. The summed E-state index contributed by atoms with van der Waals surface area (Å²) in [5.41, 5.74) is 1.67. The number of aryl methyl sites for hydroxylation is 1. The summed E-state index contributed by atoms with van der Waals surface area (Å²) in [5, 5.41) is 16.4. The fourth-order valence-electron chi connectivity index (χ4n) is 1.60. The number of carbonyl (C=O) groups excluding carboxylic acids is 1. The van der Waals surface area contributed by atoms with Gasteiger partial charge in [-0.3, -0.25) is 4.79 Å². The van der Waals surface area contributed by atoms with Gasteiger partial charge < -0.3 is 10.4 Å². The smallest absolute Gasteiger partial charge is 0.262 e. The molecule has 2 heterocycles. The van der Waals surface area contributed by atoms with Crippen LogP contribution in [0.4, 0.5) is 0 Å². The first-order valence-electron chi connectivity index (χ1n) is 6.07. The number of nitrogens with one attached hydrogen (secondary N) is 1. The average molecular weight is 306 g/mol. The van der Waals surface area contributed by atoms with Gasteiger partial charge >= 0.3 is 0 Å². The molecule has 20 heavy (non-hydrogen) atoms. The molecule has 2 N–H and O–H groups in total. The number of thiophene rings is 1. The Morgan fingerprint density at radius 3 is 3.05 bits per heavy atom. The van der Waals surface area contributed by atoms with E-state index < -0.39 is 0 Å². The molecule has 0 saturated heterocycles. The Balaban J connectivity index is 1.90. The molecule has 4 nitrogen and oxygen atoms in total. The Hall–Kier alpha value is -1.68. The van der Waals surface area contributed by atoms with Crippen LogP contribution >= 0.6 is 22.7 Å².